The number of rotatable bonds is 4. The molecule has 3 N–H and O–H groups in total. The molecular weight excluding hydrogens is 226 g/mol. The monoisotopic (exact) mass is 245 g/mol. The Kier molecular flexibility index (Phi) is 2.84. The Morgan fingerprint density at radius 2 is 2.33 bits per heavy atom. The van der Waals surface area contributed by atoms with Gasteiger partial charge in [-0.15, -0.1) is 0 Å². The summed E-state index contributed by atoms with van der Waals surface area (Å²) >= 11 is 0. The number of nitrogens with one attached hydrogen (secondary N) is 1. The molecule has 3 rings (SSSR count). The van der Waals surface area contributed by atoms with Crippen LogP contribution in [0.2, 0.25) is 0 Å². The van der Waals surface area contributed by atoms with Gasteiger partial charge in [0.1, 0.15) is 0 Å². The van der Waals surface area contributed by atoms with E-state index in [1.165, 1.54) is 5.56 Å². The van der Waals surface area contributed by atoms with E-state index in [2.05, 4.69) is 35.1 Å². The van der Waals surface area contributed by atoms with Crippen LogP contribution >= 0.6 is 0 Å². The normalized spacial score (nSPS) is 19.7. The van der Waals surface area contributed by atoms with Gasteiger partial charge in [0, 0.05) is 5.41 Å². The molecule has 1 aliphatic heterocycles. The fourth-order valence-electron chi connectivity index (χ4n) is 2.99. The van der Waals surface area contributed by atoms with Gasteiger partial charge in [-0.2, -0.15) is 0 Å². The van der Waals surface area contributed by atoms with E-state index < -0.39 is 0 Å². The first-order valence-electron chi connectivity index (χ1n) is 6.51. The molecule has 1 saturated heterocycles. The van der Waals surface area contributed by atoms with E-state index in [1.807, 2.05) is 0 Å². The molecule has 0 bridgehead atoms. The molecule has 1 atom stereocenters. The number of nitrogens with zero attached hydrogens (tertiary/aromatic N) is 1. The average Bonchev–Trinajstić information content (AvgIpc) is 2.80. The minimum Gasteiger partial charge on any atom is -0.379 e. The number of imidazole rings is 1. The fraction of sp³-hybridized carbons (Fsp3) is 0.500. The molecule has 0 amide bonds. The number of aromatic nitrogens is 2. The summed E-state index contributed by atoms with van der Waals surface area (Å²) in [6, 6.07) is 6.44. The fourth-order valence-corrected chi connectivity index (χ4v) is 2.99. The minimum atomic E-state index is 0.1000. The molecule has 1 aromatic carbocycles. The molecule has 18 heavy (non-hydrogen) atoms. The molecular formula is C14H19N3O. The molecule has 0 aliphatic carbocycles. The first-order chi connectivity index (χ1) is 8.80. The van der Waals surface area contributed by atoms with Crippen LogP contribution in [0.1, 0.15) is 18.9 Å². The first kappa shape index (κ1) is 11.7. The molecule has 0 saturated carbocycles. The molecule has 1 unspecified atom stereocenters. The lowest BCUT2D eigenvalue weighted by atomic mass is 9.67. The van der Waals surface area contributed by atoms with Crippen molar-refractivity contribution in [2.75, 3.05) is 19.8 Å². The van der Waals surface area contributed by atoms with Crippen molar-refractivity contribution in [3.63, 3.8) is 0 Å². The molecule has 2 heterocycles. The maximum atomic E-state index is 5.93. The minimum absolute atomic E-state index is 0.1000. The van der Waals surface area contributed by atoms with Gasteiger partial charge in [0.15, 0.2) is 0 Å². The highest BCUT2D eigenvalue weighted by Gasteiger charge is 2.45. The number of ether oxygens (including phenoxy) is 1. The summed E-state index contributed by atoms with van der Waals surface area (Å²) in [6.07, 6.45) is 2.82. The van der Waals surface area contributed by atoms with Crippen LogP contribution in [0.5, 0.6) is 0 Å². The Morgan fingerprint density at radius 3 is 2.94 bits per heavy atom. The van der Waals surface area contributed by atoms with Crippen molar-refractivity contribution >= 4 is 11.0 Å². The molecule has 1 aromatic heterocycles. The Labute approximate surface area is 107 Å². The second-order valence-electron chi connectivity index (χ2n) is 5.12. The number of nitrogens with two attached hydrogens (primary N) is 1. The third-order valence-electron chi connectivity index (χ3n) is 4.27. The van der Waals surface area contributed by atoms with Crippen LogP contribution in [0.4, 0.5) is 0 Å². The van der Waals surface area contributed by atoms with Crippen LogP contribution in [0.3, 0.4) is 0 Å². The molecule has 1 fully saturated rings. The summed E-state index contributed by atoms with van der Waals surface area (Å²) in [7, 11) is 0. The van der Waals surface area contributed by atoms with E-state index >= 15 is 0 Å². The summed E-state index contributed by atoms with van der Waals surface area (Å²) < 4.78 is 5.49. The molecule has 0 spiro atoms. The maximum absolute atomic E-state index is 5.93. The largest absolute Gasteiger partial charge is 0.379 e. The Hall–Kier alpha value is -1.39. The summed E-state index contributed by atoms with van der Waals surface area (Å²) in [6.45, 7) is 4.47. The van der Waals surface area contributed by atoms with Gasteiger partial charge in [-0.25, -0.2) is 4.98 Å². The zero-order valence-electron chi connectivity index (χ0n) is 10.6. The van der Waals surface area contributed by atoms with Gasteiger partial charge in [-0.05, 0) is 30.2 Å². The average molecular weight is 245 g/mol. The van der Waals surface area contributed by atoms with Gasteiger partial charge >= 0.3 is 0 Å². The second kappa shape index (κ2) is 4.37. The van der Waals surface area contributed by atoms with E-state index in [-0.39, 0.29) is 5.41 Å². The molecule has 4 heteroatoms. The van der Waals surface area contributed by atoms with Gasteiger partial charge in [0.25, 0.3) is 0 Å². The van der Waals surface area contributed by atoms with Crippen molar-refractivity contribution in [2.24, 2.45) is 11.7 Å². The SMILES string of the molecule is CCC(CN)C1(c2ccc3nc[nH]c3c2)COC1. The quantitative estimate of drug-likeness (QED) is 0.863. The Morgan fingerprint density at radius 1 is 1.50 bits per heavy atom. The second-order valence-corrected chi connectivity index (χ2v) is 5.12. The number of hydrogen-bond acceptors (Lipinski definition) is 3. The summed E-state index contributed by atoms with van der Waals surface area (Å²) in [5, 5.41) is 0. The lowest BCUT2D eigenvalue weighted by Crippen LogP contribution is -2.54. The predicted octanol–water partition coefficient (Wildman–Crippen LogP) is 1.82. The van der Waals surface area contributed by atoms with Crippen molar-refractivity contribution in [1.82, 2.24) is 9.97 Å². The number of H-pyrrole nitrogens is 1. The Bertz CT molecular complexity index is 541. The third kappa shape index (κ3) is 1.56. The first-order valence-corrected chi connectivity index (χ1v) is 6.51. The van der Waals surface area contributed by atoms with E-state index in [9.17, 15) is 0 Å². The van der Waals surface area contributed by atoms with E-state index in [0.717, 1.165) is 30.7 Å². The summed E-state index contributed by atoms with van der Waals surface area (Å²) in [4.78, 5) is 7.43. The van der Waals surface area contributed by atoms with Crippen LogP contribution < -0.4 is 5.73 Å². The molecule has 4 nitrogen and oxygen atoms in total. The zero-order chi connectivity index (χ0) is 12.6. The number of fused-ring (bicyclic) bond motifs is 1. The number of hydrogen-bond donors (Lipinski definition) is 2. The molecule has 2 aromatic rings. The lowest BCUT2D eigenvalue weighted by Gasteiger charge is -2.47. The van der Waals surface area contributed by atoms with Crippen molar-refractivity contribution in [3.05, 3.63) is 30.1 Å². The Balaban J connectivity index is 2.04. The van der Waals surface area contributed by atoms with Crippen molar-refractivity contribution in [2.45, 2.75) is 18.8 Å². The molecule has 1 aliphatic rings. The van der Waals surface area contributed by atoms with Crippen LogP contribution in [-0.4, -0.2) is 29.7 Å². The highest BCUT2D eigenvalue weighted by atomic mass is 16.5. The van der Waals surface area contributed by atoms with Crippen molar-refractivity contribution in [3.8, 4) is 0 Å². The number of aromatic amines is 1. The van der Waals surface area contributed by atoms with Gasteiger partial charge in [0.2, 0.25) is 0 Å². The van der Waals surface area contributed by atoms with E-state index in [1.54, 1.807) is 6.33 Å². The van der Waals surface area contributed by atoms with Crippen LogP contribution in [0.25, 0.3) is 11.0 Å². The summed E-state index contributed by atoms with van der Waals surface area (Å²) in [5.41, 5.74) is 9.45. The van der Waals surface area contributed by atoms with Gasteiger partial charge < -0.3 is 15.5 Å². The topological polar surface area (TPSA) is 63.9 Å². The lowest BCUT2D eigenvalue weighted by molar-refractivity contribution is -0.0897. The predicted molar refractivity (Wildman–Crippen MR) is 71.4 cm³/mol. The number of benzene rings is 1. The van der Waals surface area contributed by atoms with Crippen molar-refractivity contribution < 1.29 is 4.74 Å². The zero-order valence-corrected chi connectivity index (χ0v) is 10.6. The standard InChI is InChI=1S/C14H19N3O/c1-2-10(6-15)14(7-18-8-14)11-3-4-12-13(5-11)17-9-16-12/h3-5,9-10H,2,6-8,15H2,1H3,(H,16,17). The van der Waals surface area contributed by atoms with Gasteiger partial charge in [0.05, 0.1) is 30.6 Å². The highest BCUT2D eigenvalue weighted by molar-refractivity contribution is 5.75. The molecule has 96 valence electrons. The highest BCUT2D eigenvalue weighted by Crippen LogP contribution is 2.41. The maximum Gasteiger partial charge on any atom is 0.0931 e. The van der Waals surface area contributed by atoms with Crippen molar-refractivity contribution in [1.29, 1.82) is 0 Å². The van der Waals surface area contributed by atoms with Gasteiger partial charge in [-0.1, -0.05) is 19.4 Å². The molecule has 0 radical (unpaired) electrons. The van der Waals surface area contributed by atoms with Crippen LogP contribution in [0.15, 0.2) is 24.5 Å². The van der Waals surface area contributed by atoms with E-state index in [0.29, 0.717) is 12.5 Å². The third-order valence-corrected chi connectivity index (χ3v) is 4.27. The van der Waals surface area contributed by atoms with E-state index in [4.69, 9.17) is 10.5 Å². The summed E-state index contributed by atoms with van der Waals surface area (Å²) in [5.74, 6) is 0.478. The van der Waals surface area contributed by atoms with Gasteiger partial charge in [-0.3, -0.25) is 0 Å². The van der Waals surface area contributed by atoms with Crippen LogP contribution in [0, 0.1) is 5.92 Å². The van der Waals surface area contributed by atoms with Crippen LogP contribution in [-0.2, 0) is 10.2 Å². The smallest absolute Gasteiger partial charge is 0.0931 e.